The smallest absolute Gasteiger partial charge is 0.148 e. The van der Waals surface area contributed by atoms with E-state index < -0.39 is 16.8 Å². The van der Waals surface area contributed by atoms with Crippen LogP contribution in [0.2, 0.25) is 0 Å². The zero-order chi connectivity index (χ0) is 52.4. The molecule has 7 rings (SSSR count). The van der Waals surface area contributed by atoms with E-state index in [1.807, 2.05) is 107 Å². The predicted molar refractivity (Wildman–Crippen MR) is 294 cm³/mol. The van der Waals surface area contributed by atoms with Crippen molar-refractivity contribution in [3.8, 4) is 46.0 Å². The van der Waals surface area contributed by atoms with Gasteiger partial charge in [-0.25, -0.2) is 0 Å². The van der Waals surface area contributed by atoms with Gasteiger partial charge >= 0.3 is 0 Å². The van der Waals surface area contributed by atoms with Crippen molar-refractivity contribution in [2.24, 2.45) is 0 Å². The Morgan fingerprint density at radius 3 is 1.69 bits per heavy atom. The van der Waals surface area contributed by atoms with Crippen molar-refractivity contribution in [1.29, 1.82) is 0 Å². The van der Waals surface area contributed by atoms with E-state index in [9.17, 15) is 25.5 Å². The molecule has 0 amide bonds. The van der Waals surface area contributed by atoms with Crippen LogP contribution in [0.25, 0.3) is 6.08 Å². The first-order valence-electron chi connectivity index (χ1n) is 22.0. The molecule has 1 saturated heterocycles. The van der Waals surface area contributed by atoms with Crippen molar-refractivity contribution in [3.63, 3.8) is 0 Å². The number of hydrogen-bond donors (Lipinski definition) is 5. The molecular formula is C52H71Br2O12P3Pd2. The molecule has 0 spiro atoms. The molecule has 5 N–H and O–H groups in total. The van der Waals surface area contributed by atoms with Gasteiger partial charge in [0, 0.05) is 68.7 Å². The molecule has 19 heteroatoms. The Kier molecular flexibility index (Phi) is 27.1. The molecule has 0 aromatic heterocycles. The summed E-state index contributed by atoms with van der Waals surface area (Å²) in [5.41, 5.74) is 7.65. The number of aliphatic hydroxyl groups is 3. The van der Waals surface area contributed by atoms with Crippen LogP contribution in [0.3, 0.4) is 0 Å². The van der Waals surface area contributed by atoms with Gasteiger partial charge in [0.05, 0.1) is 63.8 Å². The number of phenolic OH excluding ortho intramolecular Hbond substituents is 2. The van der Waals surface area contributed by atoms with Crippen LogP contribution in [-0.2, 0) is 52.0 Å². The summed E-state index contributed by atoms with van der Waals surface area (Å²) in [7, 11) is 6.68. The molecular weight excluding hydrogens is 1280 g/mol. The zero-order valence-corrected chi connectivity index (χ0v) is 52.2. The number of aliphatic hydroxyl groups excluding tert-OH is 3. The van der Waals surface area contributed by atoms with Gasteiger partial charge in [-0.2, -0.15) is 0 Å². The first-order chi connectivity index (χ1) is 32.2. The van der Waals surface area contributed by atoms with Gasteiger partial charge in [-0.15, -0.1) is 6.58 Å². The maximum absolute atomic E-state index is 9.74. The molecule has 7 unspecified atom stereocenters. The Hall–Kier alpha value is -2.09. The van der Waals surface area contributed by atoms with Gasteiger partial charge in [0.15, 0.2) is 0 Å². The molecule has 4 aromatic rings. The van der Waals surface area contributed by atoms with Crippen LogP contribution in [0, 0.1) is 55.4 Å². The van der Waals surface area contributed by atoms with E-state index in [1.165, 1.54) is 0 Å². The third-order valence-corrected chi connectivity index (χ3v) is 14.8. The van der Waals surface area contributed by atoms with Crippen LogP contribution < -0.4 is 27.8 Å². The van der Waals surface area contributed by atoms with Crippen molar-refractivity contribution < 1.29 is 98.9 Å². The fraction of sp³-hybridized carbons (Fsp3) is 0.423. The second kappa shape index (κ2) is 28.7. The molecule has 0 saturated carbocycles. The van der Waals surface area contributed by atoms with E-state index in [0.29, 0.717) is 16.0 Å². The van der Waals surface area contributed by atoms with Crippen LogP contribution in [-0.4, -0.2) is 74.4 Å². The first kappa shape index (κ1) is 66.9. The number of ether oxygens (including phenoxy) is 4. The fourth-order valence-electron chi connectivity index (χ4n) is 6.77. The van der Waals surface area contributed by atoms with Gasteiger partial charge in [0.2, 0.25) is 0 Å². The largest absolute Gasteiger partial charge is 0.508 e. The molecule has 12 nitrogen and oxygen atoms in total. The van der Waals surface area contributed by atoms with Gasteiger partial charge in [0.25, 0.3) is 0 Å². The topological polar surface area (TPSA) is 169 Å². The standard InChI is InChI=1S/C13H18BrO3P.C13H17O3P.C13H18O3.C8H10BrO2P.C5H8O.2Pd/c1-5-13(4,7-15)16-12-8(2)6-10(17-18)9(3)11(12)14;1-8-6-11(16-17)9(2)10-4-5-13(3,7-14)15-12(8)10;1-8-6-11(15)9(2)10-4-5-13(3,7-14)16-12(8)10;1-4-3-6(11-12)5(2)7(9)8(4)10;1-3-5(2)4-6-5;;/h5-6,15H,1,7,18H2,2-4H3;4-6,14H,7,17H2,1-3H3;6,14-15H,4-5,7H2,1-3H3;3,10H,12H2,1-2H3;3H,1,4H2,2H3;;. The maximum Gasteiger partial charge on any atom is 0.148 e. The van der Waals surface area contributed by atoms with Crippen molar-refractivity contribution >= 4 is 66.3 Å². The van der Waals surface area contributed by atoms with Gasteiger partial charge < -0.3 is 58.1 Å². The van der Waals surface area contributed by atoms with Crippen molar-refractivity contribution in [2.75, 3.05) is 26.4 Å². The van der Waals surface area contributed by atoms with E-state index in [4.69, 9.17) is 32.5 Å². The minimum absolute atomic E-state index is 0. The number of hydrogen-bond acceptors (Lipinski definition) is 12. The summed E-state index contributed by atoms with van der Waals surface area (Å²) < 4.78 is 39.6. The average molecular weight is 1350 g/mol. The average Bonchev–Trinajstić information content (AvgIpc) is 4.10. The molecule has 71 heavy (non-hydrogen) atoms. The molecule has 0 bridgehead atoms. The number of fused-ring (bicyclic) bond motifs is 2. The van der Waals surface area contributed by atoms with E-state index in [2.05, 4.69) is 73.4 Å². The molecule has 3 aliphatic heterocycles. The summed E-state index contributed by atoms with van der Waals surface area (Å²) in [6.45, 7) is 30.9. The van der Waals surface area contributed by atoms with Crippen LogP contribution in [0.15, 0.2) is 64.6 Å². The monoisotopic (exact) mass is 1350 g/mol. The van der Waals surface area contributed by atoms with E-state index in [1.54, 1.807) is 25.1 Å². The maximum atomic E-state index is 9.74. The minimum atomic E-state index is -0.803. The molecule has 3 heterocycles. The molecule has 0 radical (unpaired) electrons. The summed E-state index contributed by atoms with van der Waals surface area (Å²) in [5.74, 6) is 5.29. The van der Waals surface area contributed by atoms with E-state index >= 15 is 0 Å². The summed E-state index contributed by atoms with van der Waals surface area (Å²) in [5, 5.41) is 47.2. The Morgan fingerprint density at radius 1 is 0.718 bits per heavy atom. The van der Waals surface area contributed by atoms with Gasteiger partial charge in [-0.1, -0.05) is 18.7 Å². The summed E-state index contributed by atoms with van der Waals surface area (Å²) in [6, 6.07) is 7.35. The summed E-state index contributed by atoms with van der Waals surface area (Å²) in [6.07, 6.45) is 8.91. The summed E-state index contributed by atoms with van der Waals surface area (Å²) in [4.78, 5) is 0. The molecule has 7 atom stereocenters. The number of phenols is 2. The summed E-state index contributed by atoms with van der Waals surface area (Å²) >= 11 is 6.79. The third kappa shape index (κ3) is 17.2. The van der Waals surface area contributed by atoms with E-state index in [-0.39, 0.29) is 72.0 Å². The van der Waals surface area contributed by atoms with Crippen LogP contribution in [0.1, 0.15) is 89.8 Å². The third-order valence-electron chi connectivity index (χ3n) is 12.1. The Labute approximate surface area is 472 Å². The number of aryl methyl sites for hydroxylation is 4. The number of benzene rings is 4. The second-order valence-corrected chi connectivity index (χ2v) is 20.5. The van der Waals surface area contributed by atoms with Crippen LogP contribution in [0.5, 0.6) is 46.0 Å². The molecule has 1 fully saturated rings. The molecule has 400 valence electrons. The van der Waals surface area contributed by atoms with Crippen LogP contribution in [0.4, 0.5) is 0 Å². The second-order valence-electron chi connectivity index (χ2n) is 18.2. The molecule has 4 aromatic carbocycles. The Balaban J connectivity index is 0.000000454. The van der Waals surface area contributed by atoms with Gasteiger partial charge in [-0.05, 0) is 192 Å². The fourth-order valence-corrected chi connectivity index (χ4v) is 8.60. The number of rotatable bonds is 10. The molecule has 3 aliphatic rings. The van der Waals surface area contributed by atoms with Crippen molar-refractivity contribution in [3.05, 3.63) is 120 Å². The number of epoxide rings is 1. The minimum Gasteiger partial charge on any atom is -0.508 e. The number of halogens is 2. The van der Waals surface area contributed by atoms with E-state index in [0.717, 1.165) is 108 Å². The van der Waals surface area contributed by atoms with Gasteiger partial charge in [-0.3, -0.25) is 0 Å². The van der Waals surface area contributed by atoms with Gasteiger partial charge in [0.1, 0.15) is 68.4 Å². The Bertz CT molecular complexity index is 2530. The Morgan fingerprint density at radius 2 is 1.23 bits per heavy atom. The number of aromatic hydroxyl groups is 2. The van der Waals surface area contributed by atoms with Crippen LogP contribution >= 0.6 is 60.3 Å². The predicted octanol–water partition coefficient (Wildman–Crippen LogP) is 12.2. The molecule has 0 aliphatic carbocycles. The quantitative estimate of drug-likeness (QED) is 0.0442. The first-order valence-corrected chi connectivity index (χ1v) is 25.0. The normalized spacial score (nSPS) is 19.4. The van der Waals surface area contributed by atoms with Crippen molar-refractivity contribution in [2.45, 2.75) is 118 Å². The SMILES string of the molecule is C=CC(C)(CO)Oc1c(C)cc(OP)c(C)c1Br.C=CC1(C)CO1.Cc1cc(O)c(C)c2c1OC(C)(CO)CC2.Cc1cc(OP)c(C)c(Br)c1O.Cc1cc(OP)c(C)c2c1OC(C)(CO)C=C2.[Pd].[Pd]. The van der Waals surface area contributed by atoms with Crippen molar-refractivity contribution in [1.82, 2.24) is 0 Å². The zero-order valence-electron chi connectivity index (χ0n) is 42.5.